The maximum absolute atomic E-state index is 13.2. The van der Waals surface area contributed by atoms with Gasteiger partial charge in [-0.2, -0.15) is 0 Å². The van der Waals surface area contributed by atoms with E-state index in [0.717, 1.165) is 25.1 Å². The van der Waals surface area contributed by atoms with Crippen LogP contribution in [0.3, 0.4) is 0 Å². The smallest absolute Gasteiger partial charge is 0.123 e. The minimum atomic E-state index is -0.172. The Balaban J connectivity index is 1.48. The number of likely N-dealkylation sites (tertiary alicyclic amines) is 1. The quantitative estimate of drug-likeness (QED) is 0.533. The van der Waals surface area contributed by atoms with Gasteiger partial charge in [0.1, 0.15) is 5.82 Å². The SMILES string of the molecule is CN(Cc1ccc(F)cc1)[C@@H]1CC[C@H](C(c2ccccc2)c2ccccc2)N(C)C1. The van der Waals surface area contributed by atoms with E-state index < -0.39 is 0 Å². The fourth-order valence-electron chi connectivity index (χ4n) is 4.89. The van der Waals surface area contributed by atoms with Crippen LogP contribution in [-0.2, 0) is 6.54 Å². The van der Waals surface area contributed by atoms with Gasteiger partial charge in [-0.1, -0.05) is 72.8 Å². The van der Waals surface area contributed by atoms with Crippen LogP contribution in [0.1, 0.15) is 35.4 Å². The van der Waals surface area contributed by atoms with Gasteiger partial charge in [0.2, 0.25) is 0 Å². The van der Waals surface area contributed by atoms with Crippen LogP contribution in [0.5, 0.6) is 0 Å². The first-order chi connectivity index (χ1) is 14.6. The number of likely N-dealkylation sites (N-methyl/N-ethyl adjacent to an activating group) is 2. The molecule has 0 N–H and O–H groups in total. The lowest BCUT2D eigenvalue weighted by atomic mass is 9.80. The third kappa shape index (κ3) is 4.80. The first-order valence-corrected chi connectivity index (χ1v) is 10.9. The van der Waals surface area contributed by atoms with Crippen LogP contribution in [-0.4, -0.2) is 42.5 Å². The minimum absolute atomic E-state index is 0.172. The van der Waals surface area contributed by atoms with Crippen LogP contribution >= 0.6 is 0 Å². The fourth-order valence-corrected chi connectivity index (χ4v) is 4.89. The molecule has 0 spiro atoms. The Morgan fingerprint density at radius 3 is 1.97 bits per heavy atom. The molecule has 2 nitrogen and oxygen atoms in total. The molecule has 1 aliphatic heterocycles. The lowest BCUT2D eigenvalue weighted by Gasteiger charge is -2.44. The molecule has 0 aromatic heterocycles. The van der Waals surface area contributed by atoms with Crippen LogP contribution in [0.2, 0.25) is 0 Å². The van der Waals surface area contributed by atoms with Crippen molar-refractivity contribution in [1.29, 1.82) is 0 Å². The van der Waals surface area contributed by atoms with E-state index in [1.54, 1.807) is 12.1 Å². The van der Waals surface area contributed by atoms with Crippen molar-refractivity contribution in [3.63, 3.8) is 0 Å². The van der Waals surface area contributed by atoms with Crippen LogP contribution in [0.25, 0.3) is 0 Å². The maximum Gasteiger partial charge on any atom is 0.123 e. The number of halogens is 1. The van der Waals surface area contributed by atoms with Crippen molar-refractivity contribution >= 4 is 0 Å². The predicted molar refractivity (Wildman–Crippen MR) is 122 cm³/mol. The van der Waals surface area contributed by atoms with E-state index in [0.29, 0.717) is 18.0 Å². The zero-order chi connectivity index (χ0) is 20.9. The fraction of sp³-hybridized carbons (Fsp3) is 0.333. The standard InChI is InChI=1S/C27H31FN2/c1-29(19-21-13-15-24(28)16-14-21)25-17-18-26(30(2)20-25)27(22-9-5-3-6-10-22)23-11-7-4-8-12-23/h3-16,25-27H,17-20H2,1-2H3/t25-,26-/m1/s1. The number of hydrogen-bond acceptors (Lipinski definition) is 2. The number of nitrogens with zero attached hydrogens (tertiary/aromatic N) is 2. The second-order valence-corrected chi connectivity index (χ2v) is 8.58. The highest BCUT2D eigenvalue weighted by molar-refractivity contribution is 5.34. The number of hydrogen-bond donors (Lipinski definition) is 0. The zero-order valence-corrected chi connectivity index (χ0v) is 17.9. The van der Waals surface area contributed by atoms with E-state index in [-0.39, 0.29) is 5.82 Å². The number of benzene rings is 3. The molecule has 1 fully saturated rings. The number of rotatable bonds is 6. The summed E-state index contributed by atoms with van der Waals surface area (Å²) in [5.41, 5.74) is 3.94. The predicted octanol–water partition coefficient (Wildman–Crippen LogP) is 5.55. The van der Waals surface area contributed by atoms with Crippen molar-refractivity contribution in [1.82, 2.24) is 9.80 Å². The summed E-state index contributed by atoms with van der Waals surface area (Å²) in [6.07, 6.45) is 2.33. The van der Waals surface area contributed by atoms with Gasteiger partial charge in [-0.05, 0) is 55.8 Å². The lowest BCUT2D eigenvalue weighted by molar-refractivity contribution is 0.0810. The van der Waals surface area contributed by atoms with Crippen LogP contribution in [0.4, 0.5) is 4.39 Å². The third-order valence-corrected chi connectivity index (χ3v) is 6.53. The summed E-state index contributed by atoms with van der Waals surface area (Å²) in [7, 11) is 4.45. The summed E-state index contributed by atoms with van der Waals surface area (Å²) >= 11 is 0. The van der Waals surface area contributed by atoms with Gasteiger partial charge in [-0.3, -0.25) is 4.90 Å². The summed E-state index contributed by atoms with van der Waals surface area (Å²) < 4.78 is 13.2. The largest absolute Gasteiger partial charge is 0.301 e. The molecule has 30 heavy (non-hydrogen) atoms. The molecule has 3 heteroatoms. The van der Waals surface area contributed by atoms with Crippen molar-refractivity contribution in [2.75, 3.05) is 20.6 Å². The van der Waals surface area contributed by atoms with Crippen molar-refractivity contribution in [2.24, 2.45) is 0 Å². The van der Waals surface area contributed by atoms with Crippen molar-refractivity contribution in [3.8, 4) is 0 Å². The molecule has 3 aromatic carbocycles. The molecule has 156 valence electrons. The van der Waals surface area contributed by atoms with Gasteiger partial charge >= 0.3 is 0 Å². The minimum Gasteiger partial charge on any atom is -0.301 e. The van der Waals surface area contributed by atoms with Crippen molar-refractivity contribution < 1.29 is 4.39 Å². The van der Waals surface area contributed by atoms with Gasteiger partial charge in [0.25, 0.3) is 0 Å². The van der Waals surface area contributed by atoms with Crippen LogP contribution in [0.15, 0.2) is 84.9 Å². The molecule has 1 aliphatic rings. The van der Waals surface area contributed by atoms with E-state index in [2.05, 4.69) is 84.6 Å². The summed E-state index contributed by atoms with van der Waals surface area (Å²) in [6, 6.07) is 29.7. The molecule has 0 saturated carbocycles. The monoisotopic (exact) mass is 402 g/mol. The van der Waals surface area contributed by atoms with Gasteiger partial charge in [0.05, 0.1) is 0 Å². The van der Waals surface area contributed by atoms with Gasteiger partial charge in [-0.15, -0.1) is 0 Å². The molecule has 3 aromatic rings. The molecule has 0 radical (unpaired) electrons. The molecular formula is C27H31FN2. The Hall–Kier alpha value is -2.49. The molecule has 0 aliphatic carbocycles. The highest BCUT2D eigenvalue weighted by Crippen LogP contribution is 2.36. The summed E-state index contributed by atoms with van der Waals surface area (Å²) in [5.74, 6) is 0.204. The molecule has 0 bridgehead atoms. The maximum atomic E-state index is 13.2. The topological polar surface area (TPSA) is 6.48 Å². The normalized spacial score (nSPS) is 20.0. The van der Waals surface area contributed by atoms with Gasteiger partial charge in [-0.25, -0.2) is 4.39 Å². The molecule has 1 saturated heterocycles. The highest BCUT2D eigenvalue weighted by atomic mass is 19.1. The third-order valence-electron chi connectivity index (χ3n) is 6.53. The summed E-state index contributed by atoms with van der Waals surface area (Å²) in [4.78, 5) is 4.96. The van der Waals surface area contributed by atoms with Gasteiger partial charge in [0.15, 0.2) is 0 Å². The average Bonchev–Trinajstić information content (AvgIpc) is 2.78. The Kier molecular flexibility index (Phi) is 6.61. The van der Waals surface area contributed by atoms with Crippen LogP contribution < -0.4 is 0 Å². The lowest BCUT2D eigenvalue weighted by Crippen LogP contribution is -2.51. The Morgan fingerprint density at radius 1 is 0.867 bits per heavy atom. The summed E-state index contributed by atoms with van der Waals surface area (Å²) in [5, 5.41) is 0. The van der Waals surface area contributed by atoms with E-state index in [9.17, 15) is 4.39 Å². The number of piperidine rings is 1. The zero-order valence-electron chi connectivity index (χ0n) is 17.9. The summed E-state index contributed by atoms with van der Waals surface area (Å²) in [6.45, 7) is 1.89. The van der Waals surface area contributed by atoms with Gasteiger partial charge in [0, 0.05) is 31.1 Å². The molecular weight excluding hydrogens is 371 g/mol. The van der Waals surface area contributed by atoms with E-state index in [1.807, 2.05) is 12.1 Å². The molecule has 0 unspecified atom stereocenters. The van der Waals surface area contributed by atoms with E-state index in [4.69, 9.17) is 0 Å². The first kappa shape index (κ1) is 20.8. The molecule has 4 rings (SSSR count). The highest BCUT2D eigenvalue weighted by Gasteiger charge is 2.34. The van der Waals surface area contributed by atoms with E-state index >= 15 is 0 Å². The second kappa shape index (κ2) is 9.55. The van der Waals surface area contributed by atoms with Crippen molar-refractivity contribution in [2.45, 2.75) is 37.4 Å². The molecule has 2 atom stereocenters. The Bertz CT molecular complexity index is 871. The molecule has 0 amide bonds. The second-order valence-electron chi connectivity index (χ2n) is 8.58. The Labute approximate surface area is 180 Å². The van der Waals surface area contributed by atoms with Crippen LogP contribution in [0, 0.1) is 5.82 Å². The first-order valence-electron chi connectivity index (χ1n) is 10.9. The van der Waals surface area contributed by atoms with E-state index in [1.165, 1.54) is 17.5 Å². The average molecular weight is 403 g/mol. The molecule has 1 heterocycles. The van der Waals surface area contributed by atoms with Gasteiger partial charge < -0.3 is 4.90 Å². The Morgan fingerprint density at radius 2 is 1.43 bits per heavy atom. The van der Waals surface area contributed by atoms with Crippen molar-refractivity contribution in [3.05, 3.63) is 107 Å².